The zero-order valence-electron chi connectivity index (χ0n) is 11.2. The first-order valence-electron chi connectivity index (χ1n) is 6.30. The SMILES string of the molecule is CN1CCOC(CNCCCC(=O)N(C)C)C1. The summed E-state index contributed by atoms with van der Waals surface area (Å²) in [5, 5.41) is 3.35. The first-order valence-corrected chi connectivity index (χ1v) is 6.30. The molecule has 0 aromatic heterocycles. The van der Waals surface area contributed by atoms with Crippen molar-refractivity contribution in [3.63, 3.8) is 0 Å². The van der Waals surface area contributed by atoms with Gasteiger partial charge >= 0.3 is 0 Å². The van der Waals surface area contributed by atoms with E-state index in [4.69, 9.17) is 4.74 Å². The topological polar surface area (TPSA) is 44.8 Å². The van der Waals surface area contributed by atoms with Crippen LogP contribution in [0.2, 0.25) is 0 Å². The van der Waals surface area contributed by atoms with Gasteiger partial charge in [0.05, 0.1) is 12.7 Å². The standard InChI is InChI=1S/C12H25N3O2/c1-14(2)12(16)5-4-6-13-9-11-10-15(3)7-8-17-11/h11,13H,4-10H2,1-3H3. The molecule has 100 valence electrons. The summed E-state index contributed by atoms with van der Waals surface area (Å²) in [6.45, 7) is 4.59. The third kappa shape index (κ3) is 6.00. The molecule has 5 nitrogen and oxygen atoms in total. The molecule has 5 heteroatoms. The van der Waals surface area contributed by atoms with Gasteiger partial charge in [-0.05, 0) is 20.0 Å². The van der Waals surface area contributed by atoms with E-state index < -0.39 is 0 Å². The highest BCUT2D eigenvalue weighted by atomic mass is 16.5. The van der Waals surface area contributed by atoms with Crippen LogP contribution in [0.25, 0.3) is 0 Å². The van der Waals surface area contributed by atoms with Gasteiger partial charge in [-0.15, -0.1) is 0 Å². The molecule has 1 unspecified atom stereocenters. The highest BCUT2D eigenvalue weighted by Gasteiger charge is 2.16. The molecular weight excluding hydrogens is 218 g/mol. The number of amides is 1. The summed E-state index contributed by atoms with van der Waals surface area (Å²) < 4.78 is 5.63. The molecule has 1 saturated heterocycles. The molecule has 1 heterocycles. The van der Waals surface area contributed by atoms with E-state index in [0.29, 0.717) is 12.5 Å². The van der Waals surface area contributed by atoms with Crippen LogP contribution in [0.3, 0.4) is 0 Å². The first-order chi connectivity index (χ1) is 8.09. The lowest BCUT2D eigenvalue weighted by Gasteiger charge is -2.30. The molecule has 1 N–H and O–H groups in total. The van der Waals surface area contributed by atoms with Crippen molar-refractivity contribution in [2.75, 3.05) is 53.9 Å². The Hall–Kier alpha value is -0.650. The van der Waals surface area contributed by atoms with Crippen LogP contribution >= 0.6 is 0 Å². The molecule has 0 bridgehead atoms. The average Bonchev–Trinajstić information content (AvgIpc) is 2.28. The van der Waals surface area contributed by atoms with E-state index in [0.717, 1.165) is 39.2 Å². The van der Waals surface area contributed by atoms with Crippen LogP contribution in [0.15, 0.2) is 0 Å². The van der Waals surface area contributed by atoms with Crippen LogP contribution in [-0.2, 0) is 9.53 Å². The third-order valence-corrected chi connectivity index (χ3v) is 2.96. The third-order valence-electron chi connectivity index (χ3n) is 2.96. The van der Waals surface area contributed by atoms with Crippen molar-refractivity contribution in [1.29, 1.82) is 0 Å². The summed E-state index contributed by atoms with van der Waals surface area (Å²) in [6, 6.07) is 0. The molecule has 0 spiro atoms. The number of likely N-dealkylation sites (N-methyl/N-ethyl adjacent to an activating group) is 1. The van der Waals surface area contributed by atoms with Crippen LogP contribution in [0.4, 0.5) is 0 Å². The quantitative estimate of drug-likeness (QED) is 0.655. The fourth-order valence-electron chi connectivity index (χ4n) is 1.84. The average molecular weight is 243 g/mol. The van der Waals surface area contributed by atoms with Crippen molar-refractivity contribution in [3.05, 3.63) is 0 Å². The van der Waals surface area contributed by atoms with Gasteiger partial charge in [0.1, 0.15) is 0 Å². The zero-order valence-corrected chi connectivity index (χ0v) is 11.2. The molecule has 1 atom stereocenters. The molecule has 0 saturated carbocycles. The minimum absolute atomic E-state index is 0.195. The lowest BCUT2D eigenvalue weighted by Crippen LogP contribution is -2.45. The molecule has 1 fully saturated rings. The van der Waals surface area contributed by atoms with E-state index in [-0.39, 0.29) is 5.91 Å². The van der Waals surface area contributed by atoms with E-state index in [1.54, 1.807) is 19.0 Å². The Labute approximate surface area is 104 Å². The Morgan fingerprint density at radius 1 is 1.53 bits per heavy atom. The number of rotatable bonds is 6. The van der Waals surface area contributed by atoms with Crippen LogP contribution in [0.1, 0.15) is 12.8 Å². The molecule has 0 aliphatic carbocycles. The largest absolute Gasteiger partial charge is 0.374 e. The summed E-state index contributed by atoms with van der Waals surface area (Å²) in [5.74, 6) is 0.195. The monoisotopic (exact) mass is 243 g/mol. The van der Waals surface area contributed by atoms with Gasteiger partial charge in [0.15, 0.2) is 0 Å². The number of carbonyl (C=O) groups is 1. The Bertz CT molecular complexity index is 234. The van der Waals surface area contributed by atoms with Crippen molar-refractivity contribution in [2.45, 2.75) is 18.9 Å². The number of nitrogens with one attached hydrogen (secondary N) is 1. The van der Waals surface area contributed by atoms with Crippen LogP contribution in [0, 0.1) is 0 Å². The van der Waals surface area contributed by atoms with E-state index in [9.17, 15) is 4.79 Å². The Morgan fingerprint density at radius 2 is 2.29 bits per heavy atom. The molecule has 1 aliphatic rings. The van der Waals surface area contributed by atoms with Gasteiger partial charge in [-0.2, -0.15) is 0 Å². The fraction of sp³-hybridized carbons (Fsp3) is 0.917. The lowest BCUT2D eigenvalue weighted by atomic mass is 10.2. The van der Waals surface area contributed by atoms with Crippen molar-refractivity contribution >= 4 is 5.91 Å². The second-order valence-electron chi connectivity index (χ2n) is 4.85. The van der Waals surface area contributed by atoms with Crippen LogP contribution in [0.5, 0.6) is 0 Å². The molecule has 0 aromatic rings. The molecular formula is C12H25N3O2. The molecule has 17 heavy (non-hydrogen) atoms. The van der Waals surface area contributed by atoms with E-state index >= 15 is 0 Å². The summed E-state index contributed by atoms with van der Waals surface area (Å²) in [7, 11) is 5.70. The molecule has 1 aliphatic heterocycles. The summed E-state index contributed by atoms with van der Waals surface area (Å²) >= 11 is 0. The highest BCUT2D eigenvalue weighted by Crippen LogP contribution is 2.01. The zero-order chi connectivity index (χ0) is 12.7. The number of nitrogens with zero attached hydrogens (tertiary/aromatic N) is 2. The van der Waals surface area contributed by atoms with Gasteiger partial charge in [0, 0.05) is 40.2 Å². The van der Waals surface area contributed by atoms with Gasteiger partial charge in [-0.1, -0.05) is 0 Å². The maximum atomic E-state index is 11.3. The Balaban J connectivity index is 1.98. The second kappa shape index (κ2) is 7.63. The Kier molecular flexibility index (Phi) is 6.47. The second-order valence-corrected chi connectivity index (χ2v) is 4.85. The number of hydrogen-bond donors (Lipinski definition) is 1. The molecule has 1 rings (SSSR count). The molecule has 0 radical (unpaired) electrons. The maximum Gasteiger partial charge on any atom is 0.222 e. The summed E-state index contributed by atoms with van der Waals surface area (Å²) in [6.07, 6.45) is 1.80. The van der Waals surface area contributed by atoms with Gasteiger partial charge in [0.25, 0.3) is 0 Å². The minimum Gasteiger partial charge on any atom is -0.374 e. The number of morpholine rings is 1. The van der Waals surface area contributed by atoms with Gasteiger partial charge < -0.3 is 19.9 Å². The van der Waals surface area contributed by atoms with E-state index in [1.165, 1.54) is 0 Å². The van der Waals surface area contributed by atoms with Crippen LogP contribution in [-0.4, -0.2) is 75.7 Å². The summed E-state index contributed by atoms with van der Waals surface area (Å²) in [5.41, 5.74) is 0. The molecule has 0 aromatic carbocycles. The normalized spacial score (nSPS) is 21.5. The molecule has 1 amide bonds. The van der Waals surface area contributed by atoms with E-state index in [2.05, 4.69) is 17.3 Å². The van der Waals surface area contributed by atoms with Crippen molar-refractivity contribution in [1.82, 2.24) is 15.1 Å². The number of ether oxygens (including phenoxy) is 1. The van der Waals surface area contributed by atoms with E-state index in [1.807, 2.05) is 0 Å². The number of hydrogen-bond acceptors (Lipinski definition) is 4. The minimum atomic E-state index is 0.195. The predicted octanol–water partition coefficient (Wildman–Crippen LogP) is -0.225. The fourth-order valence-corrected chi connectivity index (χ4v) is 1.84. The van der Waals surface area contributed by atoms with Crippen molar-refractivity contribution < 1.29 is 9.53 Å². The maximum absolute atomic E-state index is 11.3. The first kappa shape index (κ1) is 14.4. The summed E-state index contributed by atoms with van der Waals surface area (Å²) in [4.78, 5) is 15.2. The van der Waals surface area contributed by atoms with Crippen LogP contribution < -0.4 is 5.32 Å². The Morgan fingerprint density at radius 3 is 2.94 bits per heavy atom. The van der Waals surface area contributed by atoms with Crippen molar-refractivity contribution in [2.24, 2.45) is 0 Å². The van der Waals surface area contributed by atoms with Gasteiger partial charge in [0.2, 0.25) is 5.91 Å². The smallest absolute Gasteiger partial charge is 0.222 e. The lowest BCUT2D eigenvalue weighted by molar-refractivity contribution is -0.128. The highest BCUT2D eigenvalue weighted by molar-refractivity contribution is 5.75. The van der Waals surface area contributed by atoms with Crippen molar-refractivity contribution in [3.8, 4) is 0 Å². The van der Waals surface area contributed by atoms with Gasteiger partial charge in [-0.25, -0.2) is 0 Å². The predicted molar refractivity (Wildman–Crippen MR) is 68.0 cm³/mol. The van der Waals surface area contributed by atoms with Gasteiger partial charge in [-0.3, -0.25) is 4.79 Å². The number of carbonyl (C=O) groups excluding carboxylic acids is 1.